The number of hydrogen-bond acceptors (Lipinski definition) is 5. The Labute approximate surface area is 106 Å². The van der Waals surface area contributed by atoms with Crippen LogP contribution in [-0.2, 0) is 0 Å². The third-order valence-electron chi connectivity index (χ3n) is 3.54. The molecule has 1 aliphatic heterocycles. The molecule has 18 heavy (non-hydrogen) atoms. The molecule has 0 spiro atoms. The lowest BCUT2D eigenvalue weighted by Gasteiger charge is -2.33. The Balaban J connectivity index is 2.00. The van der Waals surface area contributed by atoms with Crippen molar-refractivity contribution in [2.75, 3.05) is 24.5 Å². The summed E-state index contributed by atoms with van der Waals surface area (Å²) >= 11 is 0. The quantitative estimate of drug-likeness (QED) is 0.840. The lowest BCUT2D eigenvalue weighted by atomic mass is 9.98. The Morgan fingerprint density at radius 1 is 1.50 bits per heavy atom. The molecule has 6 heteroatoms. The topological polar surface area (TPSA) is 72.3 Å². The zero-order chi connectivity index (χ0) is 12.5. The van der Waals surface area contributed by atoms with Crippen LogP contribution in [0.1, 0.15) is 18.5 Å². The molecule has 0 amide bonds. The van der Waals surface area contributed by atoms with Gasteiger partial charge >= 0.3 is 0 Å². The van der Waals surface area contributed by atoms with Gasteiger partial charge in [-0.05, 0) is 32.2 Å². The summed E-state index contributed by atoms with van der Waals surface area (Å²) in [4.78, 5) is 10.9. The summed E-state index contributed by atoms with van der Waals surface area (Å²) in [6, 6.07) is 2.07. The minimum atomic E-state index is 0.575. The zero-order valence-electron chi connectivity index (χ0n) is 10.6. The maximum Gasteiger partial charge on any atom is 0.254 e. The highest BCUT2D eigenvalue weighted by molar-refractivity contribution is 5.47. The largest absolute Gasteiger partial charge is 0.356 e. The van der Waals surface area contributed by atoms with Crippen molar-refractivity contribution in [3.8, 4) is 0 Å². The van der Waals surface area contributed by atoms with Crippen LogP contribution in [0.4, 0.5) is 5.82 Å². The highest BCUT2D eigenvalue weighted by Gasteiger charge is 2.21. The maximum absolute atomic E-state index is 5.79. The molecule has 1 saturated heterocycles. The van der Waals surface area contributed by atoms with E-state index in [1.807, 2.05) is 11.4 Å². The van der Waals surface area contributed by atoms with E-state index in [1.165, 1.54) is 12.8 Å². The van der Waals surface area contributed by atoms with Gasteiger partial charge in [-0.1, -0.05) is 0 Å². The highest BCUT2D eigenvalue weighted by atomic mass is 15.4. The van der Waals surface area contributed by atoms with Gasteiger partial charge in [0.25, 0.3) is 5.78 Å². The molecule has 2 N–H and O–H groups in total. The molecule has 1 aliphatic rings. The third-order valence-corrected chi connectivity index (χ3v) is 3.54. The molecule has 1 fully saturated rings. The number of fused-ring (bicyclic) bond motifs is 1. The summed E-state index contributed by atoms with van der Waals surface area (Å²) in [5.41, 5.74) is 6.76. The third kappa shape index (κ3) is 1.92. The first kappa shape index (κ1) is 11.4. The molecular weight excluding hydrogens is 228 g/mol. The van der Waals surface area contributed by atoms with Gasteiger partial charge in [0.1, 0.15) is 12.1 Å². The molecule has 2 aromatic rings. The minimum Gasteiger partial charge on any atom is -0.356 e. The number of rotatable bonds is 2. The first-order chi connectivity index (χ1) is 8.78. The summed E-state index contributed by atoms with van der Waals surface area (Å²) in [6.07, 6.45) is 3.95. The van der Waals surface area contributed by atoms with Crippen molar-refractivity contribution >= 4 is 11.6 Å². The van der Waals surface area contributed by atoms with E-state index >= 15 is 0 Å². The van der Waals surface area contributed by atoms with Crippen LogP contribution in [0, 0.1) is 12.8 Å². The van der Waals surface area contributed by atoms with Gasteiger partial charge in [0, 0.05) is 24.8 Å². The van der Waals surface area contributed by atoms with Crippen molar-refractivity contribution in [2.24, 2.45) is 11.7 Å². The number of hydrogen-bond donors (Lipinski definition) is 1. The number of nitrogens with two attached hydrogens (primary N) is 1. The van der Waals surface area contributed by atoms with Crippen LogP contribution in [0.3, 0.4) is 0 Å². The molecule has 0 bridgehead atoms. The van der Waals surface area contributed by atoms with Gasteiger partial charge in [0.15, 0.2) is 0 Å². The van der Waals surface area contributed by atoms with Crippen LogP contribution in [0.25, 0.3) is 5.78 Å². The summed E-state index contributed by atoms with van der Waals surface area (Å²) in [5.74, 6) is 2.32. The Hall–Kier alpha value is -1.69. The lowest BCUT2D eigenvalue weighted by molar-refractivity contribution is 0.420. The smallest absolute Gasteiger partial charge is 0.254 e. The van der Waals surface area contributed by atoms with E-state index in [0.717, 1.165) is 31.1 Å². The fraction of sp³-hybridized carbons (Fsp3) is 0.583. The molecule has 0 saturated carbocycles. The van der Waals surface area contributed by atoms with Crippen LogP contribution < -0.4 is 10.6 Å². The van der Waals surface area contributed by atoms with Gasteiger partial charge < -0.3 is 10.6 Å². The number of aromatic nitrogens is 4. The highest BCUT2D eigenvalue weighted by Crippen LogP contribution is 2.23. The van der Waals surface area contributed by atoms with Crippen LogP contribution >= 0.6 is 0 Å². The van der Waals surface area contributed by atoms with Crippen LogP contribution in [0.15, 0.2) is 12.4 Å². The van der Waals surface area contributed by atoms with Crippen LogP contribution in [0.5, 0.6) is 0 Å². The lowest BCUT2D eigenvalue weighted by Crippen LogP contribution is -2.39. The van der Waals surface area contributed by atoms with Gasteiger partial charge in [-0.25, -0.2) is 4.98 Å². The van der Waals surface area contributed by atoms with Crippen molar-refractivity contribution in [1.29, 1.82) is 0 Å². The van der Waals surface area contributed by atoms with Crippen molar-refractivity contribution in [1.82, 2.24) is 19.6 Å². The Bertz CT molecular complexity index is 548. The van der Waals surface area contributed by atoms with Gasteiger partial charge in [0.2, 0.25) is 0 Å². The average molecular weight is 246 g/mol. The number of nitrogens with zero attached hydrogens (tertiary/aromatic N) is 5. The van der Waals surface area contributed by atoms with Gasteiger partial charge in [-0.2, -0.15) is 14.6 Å². The van der Waals surface area contributed by atoms with Gasteiger partial charge in [-0.3, -0.25) is 0 Å². The fourth-order valence-electron chi connectivity index (χ4n) is 2.60. The van der Waals surface area contributed by atoms with E-state index in [9.17, 15) is 0 Å². The van der Waals surface area contributed by atoms with Gasteiger partial charge in [0.05, 0.1) is 0 Å². The first-order valence-corrected chi connectivity index (χ1v) is 6.40. The molecule has 0 aromatic carbocycles. The van der Waals surface area contributed by atoms with E-state index in [0.29, 0.717) is 11.7 Å². The predicted molar refractivity (Wildman–Crippen MR) is 69.5 cm³/mol. The van der Waals surface area contributed by atoms with Crippen molar-refractivity contribution in [3.05, 3.63) is 18.1 Å². The second-order valence-corrected chi connectivity index (χ2v) is 4.92. The van der Waals surface area contributed by atoms with Gasteiger partial charge in [-0.15, -0.1) is 0 Å². The minimum absolute atomic E-state index is 0.575. The Kier molecular flexibility index (Phi) is 2.87. The summed E-state index contributed by atoms with van der Waals surface area (Å²) < 4.78 is 1.81. The molecule has 96 valence electrons. The summed E-state index contributed by atoms with van der Waals surface area (Å²) in [6.45, 7) is 4.79. The summed E-state index contributed by atoms with van der Waals surface area (Å²) in [5, 5.41) is 4.26. The van der Waals surface area contributed by atoms with Crippen LogP contribution in [-0.4, -0.2) is 39.2 Å². The number of aryl methyl sites for hydroxylation is 1. The molecule has 6 nitrogen and oxygen atoms in total. The normalized spacial score (nSPS) is 20.6. The zero-order valence-corrected chi connectivity index (χ0v) is 10.6. The first-order valence-electron chi connectivity index (χ1n) is 6.40. The van der Waals surface area contributed by atoms with Crippen molar-refractivity contribution in [3.63, 3.8) is 0 Å². The molecule has 3 rings (SSSR count). The Morgan fingerprint density at radius 2 is 2.39 bits per heavy atom. The molecule has 3 heterocycles. The summed E-state index contributed by atoms with van der Waals surface area (Å²) in [7, 11) is 0. The maximum atomic E-state index is 5.79. The van der Waals surface area contributed by atoms with E-state index in [-0.39, 0.29) is 0 Å². The molecule has 1 atom stereocenters. The molecule has 0 unspecified atom stereocenters. The van der Waals surface area contributed by atoms with Crippen LogP contribution in [0.2, 0.25) is 0 Å². The van der Waals surface area contributed by atoms with Crippen molar-refractivity contribution < 1.29 is 0 Å². The fourth-order valence-corrected chi connectivity index (χ4v) is 2.60. The number of piperidine rings is 1. The second-order valence-electron chi connectivity index (χ2n) is 4.92. The van der Waals surface area contributed by atoms with E-state index in [4.69, 9.17) is 5.73 Å². The predicted octanol–water partition coefficient (Wildman–Crippen LogP) is 0.608. The van der Waals surface area contributed by atoms with E-state index < -0.39 is 0 Å². The number of anilines is 1. The Morgan fingerprint density at radius 3 is 3.22 bits per heavy atom. The average Bonchev–Trinajstić information content (AvgIpc) is 2.85. The molecule has 0 radical (unpaired) electrons. The second kappa shape index (κ2) is 4.53. The monoisotopic (exact) mass is 246 g/mol. The standard InChI is InChI=1S/C12H18N6/c1-9-5-11(18-12(16-9)14-8-15-18)17-4-2-3-10(6-13)7-17/h5,8,10H,2-4,6-7,13H2,1H3/t10-/m1/s1. The molecule has 2 aromatic heterocycles. The molecular formula is C12H18N6. The van der Waals surface area contributed by atoms with E-state index in [2.05, 4.69) is 26.0 Å². The van der Waals surface area contributed by atoms with Crippen molar-refractivity contribution in [2.45, 2.75) is 19.8 Å². The molecule has 0 aliphatic carbocycles. The van der Waals surface area contributed by atoms with E-state index in [1.54, 1.807) is 6.33 Å². The SMILES string of the molecule is Cc1cc(N2CCC[C@H](CN)C2)n2ncnc2n1.